The van der Waals surface area contributed by atoms with Gasteiger partial charge in [0.1, 0.15) is 6.04 Å². The lowest BCUT2D eigenvalue weighted by Gasteiger charge is -2.27. The number of nitrogens with one attached hydrogen (secondary N) is 1. The minimum absolute atomic E-state index is 0.230. The Morgan fingerprint density at radius 3 is 2.19 bits per heavy atom. The summed E-state index contributed by atoms with van der Waals surface area (Å²) in [6, 6.07) is 13.9. The highest BCUT2D eigenvalue weighted by molar-refractivity contribution is 7.88. The maximum Gasteiger partial charge on any atom is 0.247 e. The molecular formula is C20H26N2O3S. The van der Waals surface area contributed by atoms with Crippen molar-refractivity contribution in [3.63, 3.8) is 0 Å². The first-order valence-electron chi connectivity index (χ1n) is 8.51. The van der Waals surface area contributed by atoms with E-state index in [-0.39, 0.29) is 11.8 Å². The second kappa shape index (κ2) is 8.01. The summed E-state index contributed by atoms with van der Waals surface area (Å²) in [5.41, 5.74) is 3.33. The number of likely N-dealkylation sites (N-methyl/N-ethyl adjacent to an activating group) is 1. The van der Waals surface area contributed by atoms with Gasteiger partial charge >= 0.3 is 0 Å². The number of aryl methyl sites for hydroxylation is 1. The van der Waals surface area contributed by atoms with Crippen LogP contribution in [0.2, 0.25) is 0 Å². The molecule has 1 N–H and O–H groups in total. The third-order valence-electron chi connectivity index (χ3n) is 4.43. The van der Waals surface area contributed by atoms with Crippen molar-refractivity contribution >= 4 is 21.6 Å². The van der Waals surface area contributed by atoms with E-state index < -0.39 is 16.1 Å². The molecule has 0 radical (unpaired) electrons. The first kappa shape index (κ1) is 20.1. The Kier molecular flexibility index (Phi) is 6.21. The Hall–Kier alpha value is -2.18. The van der Waals surface area contributed by atoms with Crippen LogP contribution in [0.5, 0.6) is 0 Å². The molecule has 5 nitrogen and oxygen atoms in total. The molecule has 1 atom stereocenters. The Labute approximate surface area is 156 Å². The molecule has 0 unspecified atom stereocenters. The molecule has 2 rings (SSSR count). The molecule has 1 amide bonds. The monoisotopic (exact) mass is 374 g/mol. The average molecular weight is 375 g/mol. The highest BCUT2D eigenvalue weighted by Gasteiger charge is 2.31. The van der Waals surface area contributed by atoms with Gasteiger partial charge in [-0.2, -0.15) is 4.31 Å². The molecular weight excluding hydrogens is 348 g/mol. The molecule has 0 saturated heterocycles. The van der Waals surface area contributed by atoms with Crippen molar-refractivity contribution in [2.45, 2.75) is 32.7 Å². The number of amides is 1. The van der Waals surface area contributed by atoms with E-state index in [0.717, 1.165) is 27.4 Å². The normalized spacial score (nSPS) is 13.0. The fraction of sp³-hybridized carbons (Fsp3) is 0.350. The Balaban J connectivity index is 2.47. The number of nitrogens with zero attached hydrogens (tertiary/aromatic N) is 1. The zero-order valence-corrected chi connectivity index (χ0v) is 16.7. The Morgan fingerprint density at radius 2 is 1.65 bits per heavy atom. The van der Waals surface area contributed by atoms with Crippen molar-refractivity contribution in [3.05, 3.63) is 65.2 Å². The van der Waals surface area contributed by atoms with Crippen molar-refractivity contribution in [2.24, 2.45) is 0 Å². The van der Waals surface area contributed by atoms with Crippen molar-refractivity contribution in [2.75, 3.05) is 18.6 Å². The van der Waals surface area contributed by atoms with Gasteiger partial charge in [0.15, 0.2) is 0 Å². The summed E-state index contributed by atoms with van der Waals surface area (Å²) in [5.74, 6) is -0.145. The molecule has 0 heterocycles. The summed E-state index contributed by atoms with van der Waals surface area (Å²) >= 11 is 0. The van der Waals surface area contributed by atoms with Crippen LogP contribution in [0.4, 0.5) is 5.69 Å². The third-order valence-corrected chi connectivity index (χ3v) is 5.68. The molecule has 0 bridgehead atoms. The quantitative estimate of drug-likeness (QED) is 0.838. The molecule has 0 aliphatic rings. The Bertz CT molecular complexity index is 877. The van der Waals surface area contributed by atoms with E-state index in [0.29, 0.717) is 5.56 Å². The summed E-state index contributed by atoms with van der Waals surface area (Å²) < 4.78 is 25.3. The number of para-hydroxylation sites is 1. The van der Waals surface area contributed by atoms with Gasteiger partial charge in [0.05, 0.1) is 6.26 Å². The SMILES string of the molecule is Cc1cccc(C(C)C)c1NC(=O)[C@@H](c1ccccc1)N(C)S(C)(=O)=O. The van der Waals surface area contributed by atoms with Gasteiger partial charge in [0.25, 0.3) is 0 Å². The summed E-state index contributed by atoms with van der Waals surface area (Å²) in [6.45, 7) is 6.04. The van der Waals surface area contributed by atoms with E-state index in [2.05, 4.69) is 19.2 Å². The highest BCUT2D eigenvalue weighted by Crippen LogP contribution is 2.30. The van der Waals surface area contributed by atoms with E-state index >= 15 is 0 Å². The van der Waals surface area contributed by atoms with Gasteiger partial charge in [-0.15, -0.1) is 0 Å². The van der Waals surface area contributed by atoms with E-state index in [4.69, 9.17) is 0 Å². The molecule has 0 aliphatic heterocycles. The molecule has 0 fully saturated rings. The maximum absolute atomic E-state index is 13.1. The smallest absolute Gasteiger partial charge is 0.247 e. The standard InChI is InChI=1S/C20H26N2O3S/c1-14(2)17-13-9-10-15(3)18(17)21-20(23)19(22(4)26(5,24)25)16-11-7-6-8-12-16/h6-14,19H,1-5H3,(H,21,23)/t19-/m1/s1. The molecule has 140 valence electrons. The number of hydrogen-bond acceptors (Lipinski definition) is 3. The van der Waals surface area contributed by atoms with Crippen LogP contribution in [0.3, 0.4) is 0 Å². The minimum atomic E-state index is -3.55. The van der Waals surface area contributed by atoms with Crippen LogP contribution in [-0.4, -0.2) is 31.9 Å². The Morgan fingerprint density at radius 1 is 1.04 bits per heavy atom. The van der Waals surface area contributed by atoms with Crippen molar-refractivity contribution < 1.29 is 13.2 Å². The van der Waals surface area contributed by atoms with Crippen LogP contribution in [0.15, 0.2) is 48.5 Å². The summed E-state index contributed by atoms with van der Waals surface area (Å²) in [7, 11) is -2.13. The fourth-order valence-corrected chi connectivity index (χ4v) is 3.49. The van der Waals surface area contributed by atoms with Gasteiger partial charge < -0.3 is 5.32 Å². The molecule has 26 heavy (non-hydrogen) atoms. The summed E-state index contributed by atoms with van der Waals surface area (Å²) in [6.07, 6.45) is 1.10. The molecule has 2 aromatic rings. The molecule has 0 aromatic heterocycles. The molecule has 6 heteroatoms. The predicted octanol–water partition coefficient (Wildman–Crippen LogP) is 3.69. The van der Waals surface area contributed by atoms with Crippen LogP contribution in [0.1, 0.15) is 42.5 Å². The number of carbonyl (C=O) groups excluding carboxylic acids is 1. The van der Waals surface area contributed by atoms with Gasteiger partial charge in [-0.1, -0.05) is 62.4 Å². The van der Waals surface area contributed by atoms with Gasteiger partial charge in [-0.3, -0.25) is 4.79 Å². The lowest BCUT2D eigenvalue weighted by Crippen LogP contribution is -2.38. The predicted molar refractivity (Wildman–Crippen MR) is 106 cm³/mol. The molecule has 0 aliphatic carbocycles. The van der Waals surface area contributed by atoms with E-state index in [1.165, 1.54) is 7.05 Å². The number of anilines is 1. The van der Waals surface area contributed by atoms with E-state index in [1.807, 2.05) is 31.2 Å². The number of rotatable bonds is 6. The summed E-state index contributed by atoms with van der Waals surface area (Å²) in [4.78, 5) is 13.1. The number of carbonyl (C=O) groups is 1. The summed E-state index contributed by atoms with van der Waals surface area (Å²) in [5, 5.41) is 2.97. The second-order valence-corrected chi connectivity index (χ2v) is 8.82. The maximum atomic E-state index is 13.1. The van der Waals surface area contributed by atoms with Gasteiger partial charge in [-0.25, -0.2) is 8.42 Å². The zero-order chi connectivity index (χ0) is 19.5. The van der Waals surface area contributed by atoms with Gasteiger partial charge in [0, 0.05) is 12.7 Å². The second-order valence-electron chi connectivity index (χ2n) is 6.78. The van der Waals surface area contributed by atoms with Crippen LogP contribution in [0, 0.1) is 6.92 Å². The van der Waals surface area contributed by atoms with Crippen molar-refractivity contribution in [3.8, 4) is 0 Å². The lowest BCUT2D eigenvalue weighted by atomic mass is 9.97. The minimum Gasteiger partial charge on any atom is -0.324 e. The fourth-order valence-electron chi connectivity index (χ4n) is 2.89. The van der Waals surface area contributed by atoms with Crippen molar-refractivity contribution in [1.82, 2.24) is 4.31 Å². The average Bonchev–Trinajstić information content (AvgIpc) is 2.56. The van der Waals surface area contributed by atoms with Crippen molar-refractivity contribution in [1.29, 1.82) is 0 Å². The van der Waals surface area contributed by atoms with Crippen LogP contribution >= 0.6 is 0 Å². The molecule has 2 aromatic carbocycles. The zero-order valence-electron chi connectivity index (χ0n) is 15.9. The van der Waals surface area contributed by atoms with Crippen LogP contribution < -0.4 is 5.32 Å². The molecule has 0 saturated carbocycles. The first-order valence-corrected chi connectivity index (χ1v) is 10.4. The molecule has 0 spiro atoms. The highest BCUT2D eigenvalue weighted by atomic mass is 32.2. The number of sulfonamides is 1. The van der Waals surface area contributed by atoms with Crippen LogP contribution in [0.25, 0.3) is 0 Å². The largest absolute Gasteiger partial charge is 0.324 e. The topological polar surface area (TPSA) is 66.5 Å². The lowest BCUT2D eigenvalue weighted by molar-refractivity contribution is -0.119. The third kappa shape index (κ3) is 4.51. The number of hydrogen-bond donors (Lipinski definition) is 1. The van der Waals surface area contributed by atoms with Gasteiger partial charge in [-0.05, 0) is 29.5 Å². The van der Waals surface area contributed by atoms with Crippen LogP contribution in [-0.2, 0) is 14.8 Å². The van der Waals surface area contributed by atoms with E-state index in [1.54, 1.807) is 24.3 Å². The van der Waals surface area contributed by atoms with E-state index in [9.17, 15) is 13.2 Å². The first-order chi connectivity index (χ1) is 12.1. The van der Waals surface area contributed by atoms with Gasteiger partial charge in [0.2, 0.25) is 15.9 Å². The number of benzene rings is 2.